The molecule has 0 bridgehead atoms. The first kappa shape index (κ1) is 17.8. The predicted octanol–water partition coefficient (Wildman–Crippen LogP) is 3.00. The molecule has 1 atom stereocenters. The summed E-state index contributed by atoms with van der Waals surface area (Å²) >= 11 is 0. The van der Waals surface area contributed by atoms with E-state index in [2.05, 4.69) is 15.2 Å². The first-order valence-electron chi connectivity index (χ1n) is 10.0. The van der Waals surface area contributed by atoms with Crippen molar-refractivity contribution in [2.45, 2.75) is 18.9 Å². The summed E-state index contributed by atoms with van der Waals surface area (Å²) in [6.45, 7) is 2.61. The summed E-state index contributed by atoms with van der Waals surface area (Å²) in [4.78, 5) is 19.2. The minimum absolute atomic E-state index is 0.124. The monoisotopic (exact) mass is 393 g/mol. The molecule has 3 aromatic rings. The van der Waals surface area contributed by atoms with Crippen LogP contribution in [0.5, 0.6) is 11.5 Å². The van der Waals surface area contributed by atoms with E-state index in [9.17, 15) is 4.79 Å². The van der Waals surface area contributed by atoms with Gasteiger partial charge < -0.3 is 24.1 Å². The van der Waals surface area contributed by atoms with Gasteiger partial charge in [-0.3, -0.25) is 4.79 Å². The van der Waals surface area contributed by atoms with Gasteiger partial charge in [0.15, 0.2) is 17.1 Å². The number of nitrogens with one attached hydrogen (secondary N) is 1. The molecule has 150 valence electrons. The number of rotatable bonds is 4. The summed E-state index contributed by atoms with van der Waals surface area (Å²) in [6, 6.07) is 15.9. The maximum atomic E-state index is 12.5. The van der Waals surface area contributed by atoms with Gasteiger partial charge >= 0.3 is 0 Å². The molecule has 0 spiro atoms. The van der Waals surface area contributed by atoms with Crippen LogP contribution in [0.25, 0.3) is 11.1 Å². The molecule has 1 saturated heterocycles. The van der Waals surface area contributed by atoms with Gasteiger partial charge in [-0.25, -0.2) is 0 Å². The Balaban J connectivity index is 1.11. The molecule has 1 N–H and O–H groups in total. The standard InChI is InChI=1S/C22H23N3O4/c26-21(20-14-27-18-7-3-4-8-19(18)28-20)23-13-15-9-11-25(12-10-15)22-24-16-5-1-2-6-17(16)29-22/h1-8,15,20H,9-14H2,(H,23,26). The fourth-order valence-corrected chi connectivity index (χ4v) is 3.83. The van der Waals surface area contributed by atoms with Gasteiger partial charge in [-0.15, -0.1) is 0 Å². The molecule has 2 aromatic carbocycles. The minimum atomic E-state index is -0.607. The number of amides is 1. The fourth-order valence-electron chi connectivity index (χ4n) is 3.83. The molecule has 0 saturated carbocycles. The first-order valence-corrected chi connectivity index (χ1v) is 10.0. The number of piperidine rings is 1. The minimum Gasteiger partial charge on any atom is -0.485 e. The number of carbonyl (C=O) groups excluding carboxylic acids is 1. The molecule has 3 heterocycles. The number of oxazole rings is 1. The van der Waals surface area contributed by atoms with Gasteiger partial charge in [-0.1, -0.05) is 24.3 Å². The van der Waals surface area contributed by atoms with E-state index in [1.54, 1.807) is 0 Å². The smallest absolute Gasteiger partial charge is 0.298 e. The maximum Gasteiger partial charge on any atom is 0.298 e. The summed E-state index contributed by atoms with van der Waals surface area (Å²) in [7, 11) is 0. The van der Waals surface area contributed by atoms with E-state index >= 15 is 0 Å². The second-order valence-electron chi connectivity index (χ2n) is 7.50. The second kappa shape index (κ2) is 7.66. The van der Waals surface area contributed by atoms with Crippen molar-refractivity contribution in [3.8, 4) is 11.5 Å². The van der Waals surface area contributed by atoms with Crippen LogP contribution in [0.3, 0.4) is 0 Å². The number of hydrogen-bond acceptors (Lipinski definition) is 6. The van der Waals surface area contributed by atoms with Crippen molar-refractivity contribution < 1.29 is 18.7 Å². The normalized spacial score (nSPS) is 19.3. The van der Waals surface area contributed by atoms with Gasteiger partial charge in [-0.05, 0) is 43.0 Å². The molecule has 1 amide bonds. The zero-order chi connectivity index (χ0) is 19.6. The Kier molecular flexibility index (Phi) is 4.71. The Morgan fingerprint density at radius 2 is 1.83 bits per heavy atom. The van der Waals surface area contributed by atoms with Crippen molar-refractivity contribution in [1.29, 1.82) is 0 Å². The third kappa shape index (κ3) is 3.72. The van der Waals surface area contributed by atoms with Crippen LogP contribution in [-0.2, 0) is 4.79 Å². The molecule has 7 heteroatoms. The van der Waals surface area contributed by atoms with Crippen LogP contribution in [0.2, 0.25) is 0 Å². The van der Waals surface area contributed by atoms with Crippen molar-refractivity contribution in [3.05, 3.63) is 48.5 Å². The van der Waals surface area contributed by atoms with E-state index in [1.807, 2.05) is 48.5 Å². The number of anilines is 1. The van der Waals surface area contributed by atoms with Crippen molar-refractivity contribution in [2.24, 2.45) is 5.92 Å². The third-order valence-electron chi connectivity index (χ3n) is 5.53. The zero-order valence-electron chi connectivity index (χ0n) is 16.0. The van der Waals surface area contributed by atoms with Crippen LogP contribution in [0.15, 0.2) is 52.9 Å². The highest BCUT2D eigenvalue weighted by atomic mass is 16.6. The molecule has 2 aliphatic rings. The molecule has 0 aliphatic carbocycles. The Morgan fingerprint density at radius 3 is 2.66 bits per heavy atom. The number of ether oxygens (including phenoxy) is 2. The van der Waals surface area contributed by atoms with Crippen molar-refractivity contribution in [1.82, 2.24) is 10.3 Å². The summed E-state index contributed by atoms with van der Waals surface area (Å²) < 4.78 is 17.3. The Morgan fingerprint density at radius 1 is 1.07 bits per heavy atom. The van der Waals surface area contributed by atoms with E-state index < -0.39 is 6.10 Å². The predicted molar refractivity (Wildman–Crippen MR) is 108 cm³/mol. The summed E-state index contributed by atoms with van der Waals surface area (Å²) in [5, 5.41) is 3.03. The number of benzene rings is 2. The molecule has 29 heavy (non-hydrogen) atoms. The summed E-state index contributed by atoms with van der Waals surface area (Å²) in [6.07, 6.45) is 1.35. The molecule has 1 unspecified atom stereocenters. The maximum absolute atomic E-state index is 12.5. The van der Waals surface area contributed by atoms with Crippen LogP contribution in [-0.4, -0.2) is 43.2 Å². The summed E-state index contributed by atoms with van der Waals surface area (Å²) in [5.41, 5.74) is 1.70. The average molecular weight is 393 g/mol. The number of para-hydroxylation sites is 4. The van der Waals surface area contributed by atoms with Gasteiger partial charge in [0.05, 0.1) is 0 Å². The van der Waals surface area contributed by atoms with E-state index in [4.69, 9.17) is 13.9 Å². The van der Waals surface area contributed by atoms with Gasteiger partial charge in [0, 0.05) is 19.6 Å². The third-order valence-corrected chi connectivity index (χ3v) is 5.53. The Hall–Kier alpha value is -3.22. The Labute approximate surface area is 168 Å². The van der Waals surface area contributed by atoms with Crippen LogP contribution in [0.4, 0.5) is 6.01 Å². The van der Waals surface area contributed by atoms with Gasteiger partial charge in [-0.2, -0.15) is 4.98 Å². The average Bonchev–Trinajstić information content (AvgIpc) is 3.22. The van der Waals surface area contributed by atoms with Gasteiger partial charge in [0.25, 0.3) is 11.9 Å². The van der Waals surface area contributed by atoms with Gasteiger partial charge in [0.2, 0.25) is 6.10 Å². The molecule has 0 radical (unpaired) electrons. The van der Waals surface area contributed by atoms with Gasteiger partial charge in [0.1, 0.15) is 12.1 Å². The highest BCUT2D eigenvalue weighted by Crippen LogP contribution is 2.31. The molecule has 7 nitrogen and oxygen atoms in total. The van der Waals surface area contributed by atoms with E-state index in [-0.39, 0.29) is 12.5 Å². The lowest BCUT2D eigenvalue weighted by molar-refractivity contribution is -0.130. The van der Waals surface area contributed by atoms with E-state index in [0.29, 0.717) is 30.0 Å². The lowest BCUT2D eigenvalue weighted by atomic mass is 9.97. The highest BCUT2D eigenvalue weighted by molar-refractivity contribution is 5.81. The van der Waals surface area contributed by atoms with Crippen LogP contribution in [0.1, 0.15) is 12.8 Å². The topological polar surface area (TPSA) is 76.8 Å². The molecule has 2 aliphatic heterocycles. The van der Waals surface area contributed by atoms with Crippen molar-refractivity contribution in [2.75, 3.05) is 31.1 Å². The molecule has 1 fully saturated rings. The second-order valence-corrected chi connectivity index (χ2v) is 7.50. The van der Waals surface area contributed by atoms with Crippen molar-refractivity contribution in [3.63, 3.8) is 0 Å². The fraction of sp³-hybridized carbons (Fsp3) is 0.364. The lowest BCUT2D eigenvalue weighted by Crippen LogP contribution is -2.46. The number of hydrogen-bond donors (Lipinski definition) is 1. The first-order chi connectivity index (χ1) is 14.3. The van der Waals surface area contributed by atoms with Crippen LogP contribution >= 0.6 is 0 Å². The quantitative estimate of drug-likeness (QED) is 0.734. The number of nitrogens with zero attached hydrogens (tertiary/aromatic N) is 2. The van der Waals surface area contributed by atoms with Crippen LogP contribution < -0.4 is 19.7 Å². The number of carbonyl (C=O) groups is 1. The molecule has 1 aromatic heterocycles. The molecular weight excluding hydrogens is 370 g/mol. The van der Waals surface area contributed by atoms with Crippen LogP contribution in [0, 0.1) is 5.92 Å². The largest absolute Gasteiger partial charge is 0.485 e. The lowest BCUT2D eigenvalue weighted by Gasteiger charge is -2.31. The van der Waals surface area contributed by atoms with Crippen molar-refractivity contribution >= 4 is 23.0 Å². The van der Waals surface area contributed by atoms with E-state index in [0.717, 1.165) is 37.0 Å². The highest BCUT2D eigenvalue weighted by Gasteiger charge is 2.28. The molecule has 5 rings (SSSR count). The SMILES string of the molecule is O=C(NCC1CCN(c2nc3ccccc3o2)CC1)C1COc2ccccc2O1. The molecular formula is C22H23N3O4. The number of aromatic nitrogens is 1. The summed E-state index contributed by atoms with van der Waals surface area (Å²) in [5.74, 6) is 1.60. The van der Waals surface area contributed by atoms with E-state index in [1.165, 1.54) is 0 Å². The zero-order valence-corrected chi connectivity index (χ0v) is 16.0. The number of fused-ring (bicyclic) bond motifs is 2. The Bertz CT molecular complexity index is 977.